The summed E-state index contributed by atoms with van der Waals surface area (Å²) in [5, 5.41) is 0.578. The van der Waals surface area contributed by atoms with Crippen molar-refractivity contribution in [3.63, 3.8) is 0 Å². The summed E-state index contributed by atoms with van der Waals surface area (Å²) in [5.74, 6) is -0.265. The lowest BCUT2D eigenvalue weighted by molar-refractivity contribution is -0.131. The number of amides is 1. The summed E-state index contributed by atoms with van der Waals surface area (Å²) in [6.07, 6.45) is 0.577. The maximum absolute atomic E-state index is 16.0. The molecule has 190 valence electrons. The van der Waals surface area contributed by atoms with E-state index in [1.807, 2.05) is 4.57 Å². The molecule has 2 aromatic heterocycles. The zero-order valence-electron chi connectivity index (χ0n) is 20.1. The van der Waals surface area contributed by atoms with Crippen LogP contribution < -0.4 is 5.49 Å². The largest absolute Gasteiger partial charge is 0.343 e. The van der Waals surface area contributed by atoms with Gasteiger partial charge in [0.2, 0.25) is 5.91 Å². The maximum Gasteiger partial charge on any atom is 0.266 e. The van der Waals surface area contributed by atoms with E-state index < -0.39 is 29.5 Å². The highest BCUT2D eigenvalue weighted by Gasteiger charge is 2.38. The first-order valence-electron chi connectivity index (χ1n) is 12.1. The zero-order chi connectivity index (χ0) is 25.6. The molecule has 6 nitrogen and oxygen atoms in total. The number of piperidine rings is 1. The van der Waals surface area contributed by atoms with E-state index in [1.165, 1.54) is 19.1 Å². The highest BCUT2D eigenvalue weighted by molar-refractivity contribution is 5.78. The monoisotopic (exact) mass is 501 g/mol. The standard InChI is InChI=1S/C26H27F4N5O/c1-15(17-5-3-6-18(23(17)27)24(28)29)32-25-19-13-21(26(30)8-11-34(12-9-26)16(2)36)31-14-20(19)35-10-4-7-22(35)33-25/h3,5-6,13-15,24H,4,7-12H2,1-2H3/b32-25-/t15-/m1/s1. The highest BCUT2D eigenvalue weighted by Crippen LogP contribution is 2.37. The molecule has 0 unspecified atom stereocenters. The minimum Gasteiger partial charge on any atom is -0.343 e. The summed E-state index contributed by atoms with van der Waals surface area (Å²) in [6.45, 7) is 4.44. The van der Waals surface area contributed by atoms with E-state index in [2.05, 4.69) is 9.98 Å². The molecule has 0 aliphatic carbocycles. The number of nitrogens with zero attached hydrogens (tertiary/aromatic N) is 5. The number of alkyl halides is 3. The van der Waals surface area contributed by atoms with Crippen LogP contribution in [0.25, 0.3) is 10.9 Å². The molecule has 1 atom stereocenters. The number of pyridine rings is 1. The number of benzene rings is 1. The quantitative estimate of drug-likeness (QED) is 0.477. The van der Waals surface area contributed by atoms with E-state index in [4.69, 9.17) is 4.98 Å². The smallest absolute Gasteiger partial charge is 0.266 e. The molecule has 2 aliphatic rings. The molecule has 1 fully saturated rings. The van der Waals surface area contributed by atoms with Crippen molar-refractivity contribution in [2.75, 3.05) is 13.1 Å². The minimum absolute atomic E-state index is 0.0451. The third-order valence-electron chi connectivity index (χ3n) is 7.26. The second-order valence-corrected chi connectivity index (χ2v) is 9.52. The van der Waals surface area contributed by atoms with Crippen LogP contribution in [0.5, 0.6) is 0 Å². The predicted octanol–water partition coefficient (Wildman–Crippen LogP) is 4.92. The fourth-order valence-electron chi connectivity index (χ4n) is 5.15. The second kappa shape index (κ2) is 9.29. The van der Waals surface area contributed by atoms with Crippen LogP contribution in [0.2, 0.25) is 0 Å². The molecule has 0 saturated carbocycles. The maximum atomic E-state index is 16.0. The van der Waals surface area contributed by atoms with Crippen molar-refractivity contribution >= 4 is 16.8 Å². The van der Waals surface area contributed by atoms with Crippen LogP contribution in [-0.2, 0) is 23.4 Å². The number of halogens is 4. The minimum atomic E-state index is -2.93. The molecular formula is C26H27F4N5O. The van der Waals surface area contributed by atoms with Crippen LogP contribution >= 0.6 is 0 Å². The zero-order valence-corrected chi connectivity index (χ0v) is 20.1. The van der Waals surface area contributed by atoms with Gasteiger partial charge < -0.3 is 9.47 Å². The Morgan fingerprint density at radius 1 is 1.17 bits per heavy atom. The van der Waals surface area contributed by atoms with Gasteiger partial charge in [-0.1, -0.05) is 18.2 Å². The Labute approximate surface area is 205 Å². The number of carbonyl (C=O) groups excluding carboxylic acids is 1. The Balaban J connectivity index is 1.61. The lowest BCUT2D eigenvalue weighted by Gasteiger charge is -2.35. The Morgan fingerprint density at radius 2 is 1.89 bits per heavy atom. The van der Waals surface area contributed by atoms with Crippen molar-refractivity contribution in [1.29, 1.82) is 0 Å². The molecule has 0 radical (unpaired) electrons. The van der Waals surface area contributed by atoms with Gasteiger partial charge in [0.05, 0.1) is 29.0 Å². The van der Waals surface area contributed by atoms with E-state index in [9.17, 15) is 18.0 Å². The Kier molecular flexibility index (Phi) is 6.30. The summed E-state index contributed by atoms with van der Waals surface area (Å²) in [4.78, 5) is 27.1. The molecule has 1 aromatic carbocycles. The molecule has 2 aliphatic heterocycles. The molecular weight excluding hydrogens is 474 g/mol. The van der Waals surface area contributed by atoms with Crippen molar-refractivity contribution < 1.29 is 22.4 Å². The lowest BCUT2D eigenvalue weighted by Crippen LogP contribution is -2.42. The molecule has 0 bridgehead atoms. The van der Waals surface area contributed by atoms with Gasteiger partial charge in [0, 0.05) is 56.8 Å². The summed E-state index contributed by atoms with van der Waals surface area (Å²) < 4.78 is 59.3. The Morgan fingerprint density at radius 3 is 2.58 bits per heavy atom. The first-order valence-corrected chi connectivity index (χ1v) is 12.1. The SMILES string of the molecule is CC(=O)N1CCC(F)(c2cc3/c(=N/[C@H](C)c4cccc(C(F)F)c4F)nc4n(c3cn2)CCC4)CC1. The molecule has 3 aromatic rings. The van der Waals surface area contributed by atoms with E-state index in [0.29, 0.717) is 24.0 Å². The van der Waals surface area contributed by atoms with Crippen molar-refractivity contribution in [1.82, 2.24) is 19.4 Å². The van der Waals surface area contributed by atoms with E-state index in [-0.39, 0.29) is 30.0 Å². The van der Waals surface area contributed by atoms with Gasteiger partial charge in [-0.3, -0.25) is 14.8 Å². The van der Waals surface area contributed by atoms with Crippen LogP contribution in [0.4, 0.5) is 17.6 Å². The third kappa shape index (κ3) is 4.26. The topological polar surface area (TPSA) is 63.4 Å². The number of rotatable bonds is 4. The molecule has 5 rings (SSSR count). The Hall–Kier alpha value is -3.30. The number of fused-ring (bicyclic) bond motifs is 3. The molecule has 1 saturated heterocycles. The summed E-state index contributed by atoms with van der Waals surface area (Å²) in [5.41, 5.74) is -1.03. The number of aromatic nitrogens is 3. The van der Waals surface area contributed by atoms with Crippen molar-refractivity contribution in [3.05, 3.63) is 64.4 Å². The average molecular weight is 502 g/mol. The van der Waals surface area contributed by atoms with Gasteiger partial charge in [-0.15, -0.1) is 0 Å². The summed E-state index contributed by atoms with van der Waals surface area (Å²) in [7, 11) is 0. The number of hydrogen-bond acceptors (Lipinski definition) is 4. The van der Waals surface area contributed by atoms with Crippen LogP contribution in [-0.4, -0.2) is 38.4 Å². The molecule has 1 amide bonds. The van der Waals surface area contributed by atoms with Gasteiger partial charge in [0.1, 0.15) is 11.6 Å². The fraction of sp³-hybridized carbons (Fsp3) is 0.462. The van der Waals surface area contributed by atoms with Crippen molar-refractivity contribution in [3.8, 4) is 0 Å². The number of aryl methyl sites for hydroxylation is 2. The van der Waals surface area contributed by atoms with Crippen LogP contribution in [0.1, 0.15) is 68.2 Å². The summed E-state index contributed by atoms with van der Waals surface area (Å²) in [6, 6.07) is 4.74. The normalized spacial score (nSPS) is 18.6. The second-order valence-electron chi connectivity index (χ2n) is 9.52. The molecule has 0 N–H and O–H groups in total. The van der Waals surface area contributed by atoms with Crippen molar-refractivity contribution in [2.24, 2.45) is 4.99 Å². The van der Waals surface area contributed by atoms with Crippen LogP contribution in [0.3, 0.4) is 0 Å². The third-order valence-corrected chi connectivity index (χ3v) is 7.26. The van der Waals surface area contributed by atoms with Gasteiger partial charge in [0.15, 0.2) is 11.2 Å². The van der Waals surface area contributed by atoms with Crippen LogP contribution in [0, 0.1) is 5.82 Å². The first kappa shape index (κ1) is 24.4. The van der Waals surface area contributed by atoms with Gasteiger partial charge in [0.25, 0.3) is 6.43 Å². The highest BCUT2D eigenvalue weighted by atomic mass is 19.3. The molecule has 4 heterocycles. The first-order chi connectivity index (χ1) is 17.2. The molecule has 10 heteroatoms. The number of carbonyl (C=O) groups is 1. The average Bonchev–Trinajstić information content (AvgIpc) is 3.32. The van der Waals surface area contributed by atoms with Gasteiger partial charge in [-0.05, 0) is 19.4 Å². The lowest BCUT2D eigenvalue weighted by atomic mass is 9.89. The summed E-state index contributed by atoms with van der Waals surface area (Å²) >= 11 is 0. The van der Waals surface area contributed by atoms with Crippen molar-refractivity contribution in [2.45, 2.75) is 64.2 Å². The van der Waals surface area contributed by atoms with E-state index in [0.717, 1.165) is 36.8 Å². The fourth-order valence-corrected chi connectivity index (χ4v) is 5.15. The predicted molar refractivity (Wildman–Crippen MR) is 125 cm³/mol. The Bertz CT molecular complexity index is 1400. The number of hydrogen-bond donors (Lipinski definition) is 0. The van der Waals surface area contributed by atoms with E-state index in [1.54, 1.807) is 24.1 Å². The molecule has 36 heavy (non-hydrogen) atoms. The van der Waals surface area contributed by atoms with Gasteiger partial charge in [-0.25, -0.2) is 22.5 Å². The number of likely N-dealkylation sites (tertiary alicyclic amines) is 1. The van der Waals surface area contributed by atoms with Gasteiger partial charge >= 0.3 is 0 Å². The molecule has 0 spiro atoms. The van der Waals surface area contributed by atoms with Crippen LogP contribution in [0.15, 0.2) is 35.5 Å². The van der Waals surface area contributed by atoms with E-state index >= 15 is 4.39 Å². The van der Waals surface area contributed by atoms with Gasteiger partial charge in [-0.2, -0.15) is 0 Å².